The molecule has 0 saturated heterocycles. The molecule has 2 rings (SSSR count). The van der Waals surface area contributed by atoms with Gasteiger partial charge in [-0.15, -0.1) is 0 Å². The van der Waals surface area contributed by atoms with Gasteiger partial charge in [-0.05, 0) is 35.5 Å². The van der Waals surface area contributed by atoms with Crippen LogP contribution in [0, 0.1) is 0 Å². The van der Waals surface area contributed by atoms with Gasteiger partial charge in [0.2, 0.25) is 5.91 Å². The van der Waals surface area contributed by atoms with Crippen molar-refractivity contribution in [1.82, 2.24) is 5.32 Å². The largest absolute Gasteiger partial charge is 0.352 e. The maximum atomic E-state index is 11.8. The van der Waals surface area contributed by atoms with Crippen LogP contribution >= 0.6 is 11.8 Å². The molecule has 1 N–H and O–H groups in total. The normalized spacial score (nSPS) is 16.1. The Morgan fingerprint density at radius 3 is 2.48 bits per heavy atom. The average molecular weight is 332 g/mol. The summed E-state index contributed by atoms with van der Waals surface area (Å²) in [4.78, 5) is 11.8. The molecule has 3 heteroatoms. The first kappa shape index (κ1) is 18.1. The van der Waals surface area contributed by atoms with Crippen molar-refractivity contribution in [1.29, 1.82) is 0 Å². The average Bonchev–Trinajstić information content (AvgIpc) is 3.02. The maximum Gasteiger partial charge on any atom is 0.244 e. The summed E-state index contributed by atoms with van der Waals surface area (Å²) in [6.07, 6.45) is 8.96. The Kier molecular flexibility index (Phi) is 6.76. The van der Waals surface area contributed by atoms with Crippen LogP contribution in [0.5, 0.6) is 0 Å². The topological polar surface area (TPSA) is 29.1 Å². The van der Waals surface area contributed by atoms with Gasteiger partial charge in [0, 0.05) is 23.6 Å². The summed E-state index contributed by atoms with van der Waals surface area (Å²) in [6, 6.07) is 8.41. The SMILES string of the molecule is CC(C)(C)c1ccc(/C=C/C(=O)NCCSC2CCCC2)cc1. The number of thioether (sulfide) groups is 1. The Bertz CT molecular complexity index is 522. The van der Waals surface area contributed by atoms with Crippen LogP contribution in [-0.2, 0) is 10.2 Å². The molecule has 1 aliphatic carbocycles. The minimum atomic E-state index is -0.00285. The second-order valence-electron chi connectivity index (χ2n) is 7.27. The van der Waals surface area contributed by atoms with E-state index in [0.717, 1.165) is 23.1 Å². The quantitative estimate of drug-likeness (QED) is 0.600. The molecule has 1 aromatic rings. The fraction of sp³-hybridized carbons (Fsp3) is 0.550. The predicted octanol–water partition coefficient (Wildman–Crippen LogP) is 4.79. The molecule has 1 aliphatic rings. The molecule has 1 fully saturated rings. The van der Waals surface area contributed by atoms with Crippen LogP contribution in [-0.4, -0.2) is 23.5 Å². The van der Waals surface area contributed by atoms with Crippen LogP contribution in [0.15, 0.2) is 30.3 Å². The van der Waals surface area contributed by atoms with Crippen molar-refractivity contribution >= 4 is 23.7 Å². The van der Waals surface area contributed by atoms with Gasteiger partial charge in [0.15, 0.2) is 0 Å². The van der Waals surface area contributed by atoms with Gasteiger partial charge >= 0.3 is 0 Å². The molecular weight excluding hydrogens is 302 g/mol. The van der Waals surface area contributed by atoms with Gasteiger partial charge in [-0.25, -0.2) is 0 Å². The summed E-state index contributed by atoms with van der Waals surface area (Å²) >= 11 is 2.01. The number of benzene rings is 1. The van der Waals surface area contributed by atoms with E-state index in [1.807, 2.05) is 17.8 Å². The standard InChI is InChI=1S/C20H29NOS/c1-20(2,3)17-11-8-16(9-12-17)10-13-19(22)21-14-15-23-18-6-4-5-7-18/h8-13,18H,4-7,14-15H2,1-3H3,(H,21,22)/b13-10+. The first-order valence-electron chi connectivity index (χ1n) is 8.63. The molecule has 23 heavy (non-hydrogen) atoms. The van der Waals surface area contributed by atoms with Gasteiger partial charge in [0.25, 0.3) is 0 Å². The Morgan fingerprint density at radius 2 is 1.87 bits per heavy atom. The van der Waals surface area contributed by atoms with Gasteiger partial charge in [0.1, 0.15) is 0 Å². The molecule has 0 radical (unpaired) electrons. The highest BCUT2D eigenvalue weighted by Gasteiger charge is 2.14. The smallest absolute Gasteiger partial charge is 0.244 e. The van der Waals surface area contributed by atoms with Gasteiger partial charge in [-0.2, -0.15) is 11.8 Å². The van der Waals surface area contributed by atoms with Crippen LogP contribution in [0.3, 0.4) is 0 Å². The van der Waals surface area contributed by atoms with E-state index in [9.17, 15) is 4.79 Å². The molecule has 0 unspecified atom stereocenters. The van der Waals surface area contributed by atoms with E-state index in [1.165, 1.54) is 31.2 Å². The van der Waals surface area contributed by atoms with Crippen molar-refractivity contribution in [2.45, 2.75) is 57.1 Å². The van der Waals surface area contributed by atoms with Crippen molar-refractivity contribution < 1.29 is 4.79 Å². The van der Waals surface area contributed by atoms with E-state index in [2.05, 4.69) is 50.4 Å². The number of hydrogen-bond donors (Lipinski definition) is 1. The number of carbonyl (C=O) groups is 1. The highest BCUT2D eigenvalue weighted by atomic mass is 32.2. The van der Waals surface area contributed by atoms with Crippen LogP contribution in [0.1, 0.15) is 57.6 Å². The number of amides is 1. The first-order chi connectivity index (χ1) is 10.9. The van der Waals surface area contributed by atoms with E-state index >= 15 is 0 Å². The van der Waals surface area contributed by atoms with Crippen molar-refractivity contribution in [2.75, 3.05) is 12.3 Å². The van der Waals surface area contributed by atoms with E-state index in [1.54, 1.807) is 6.08 Å². The minimum Gasteiger partial charge on any atom is -0.352 e. The Balaban J connectivity index is 1.70. The fourth-order valence-electron chi connectivity index (χ4n) is 2.78. The molecule has 126 valence electrons. The minimum absolute atomic E-state index is 0.00285. The monoisotopic (exact) mass is 331 g/mol. The number of hydrogen-bond acceptors (Lipinski definition) is 2. The lowest BCUT2D eigenvalue weighted by atomic mass is 9.87. The second kappa shape index (κ2) is 8.58. The van der Waals surface area contributed by atoms with Crippen molar-refractivity contribution in [3.05, 3.63) is 41.5 Å². The van der Waals surface area contributed by atoms with Crippen molar-refractivity contribution in [3.63, 3.8) is 0 Å². The van der Waals surface area contributed by atoms with Crippen LogP contribution < -0.4 is 5.32 Å². The molecule has 2 nitrogen and oxygen atoms in total. The number of rotatable bonds is 6. The zero-order valence-corrected chi connectivity index (χ0v) is 15.4. The lowest BCUT2D eigenvalue weighted by Crippen LogP contribution is -2.24. The van der Waals surface area contributed by atoms with Crippen LogP contribution in [0.25, 0.3) is 6.08 Å². The molecular formula is C20H29NOS. The van der Waals surface area contributed by atoms with Gasteiger partial charge in [-0.3, -0.25) is 4.79 Å². The van der Waals surface area contributed by atoms with E-state index in [0.29, 0.717) is 0 Å². The summed E-state index contributed by atoms with van der Waals surface area (Å²) in [6.45, 7) is 7.37. The Labute approximate surface area is 145 Å². The molecule has 0 atom stereocenters. The highest BCUT2D eigenvalue weighted by Crippen LogP contribution is 2.28. The lowest BCUT2D eigenvalue weighted by molar-refractivity contribution is -0.116. The van der Waals surface area contributed by atoms with Gasteiger partial charge in [-0.1, -0.05) is 57.9 Å². The number of nitrogens with one attached hydrogen (secondary N) is 1. The summed E-state index contributed by atoms with van der Waals surface area (Å²) < 4.78 is 0. The lowest BCUT2D eigenvalue weighted by Gasteiger charge is -2.18. The molecule has 0 bridgehead atoms. The Hall–Kier alpha value is -1.22. The molecule has 1 aromatic carbocycles. The third kappa shape index (κ3) is 6.42. The Morgan fingerprint density at radius 1 is 1.22 bits per heavy atom. The summed E-state index contributed by atoms with van der Waals surface area (Å²) in [5.41, 5.74) is 2.54. The van der Waals surface area contributed by atoms with Crippen LogP contribution in [0.2, 0.25) is 0 Å². The summed E-state index contributed by atoms with van der Waals surface area (Å²) in [7, 11) is 0. The van der Waals surface area contributed by atoms with E-state index < -0.39 is 0 Å². The van der Waals surface area contributed by atoms with Gasteiger partial charge < -0.3 is 5.32 Å². The zero-order chi connectivity index (χ0) is 16.7. The van der Waals surface area contributed by atoms with E-state index in [4.69, 9.17) is 0 Å². The molecule has 0 heterocycles. The second-order valence-corrected chi connectivity index (χ2v) is 8.68. The van der Waals surface area contributed by atoms with Crippen molar-refractivity contribution in [3.8, 4) is 0 Å². The predicted molar refractivity (Wildman–Crippen MR) is 102 cm³/mol. The highest BCUT2D eigenvalue weighted by molar-refractivity contribution is 7.99. The molecule has 1 saturated carbocycles. The van der Waals surface area contributed by atoms with Crippen molar-refractivity contribution in [2.24, 2.45) is 0 Å². The summed E-state index contributed by atoms with van der Waals surface area (Å²) in [5.74, 6) is 1.02. The zero-order valence-electron chi connectivity index (χ0n) is 14.6. The molecule has 0 spiro atoms. The molecule has 1 amide bonds. The van der Waals surface area contributed by atoms with Gasteiger partial charge in [0.05, 0.1) is 0 Å². The third-order valence-electron chi connectivity index (χ3n) is 4.26. The fourth-order valence-corrected chi connectivity index (χ4v) is 4.00. The number of carbonyl (C=O) groups excluding carboxylic acids is 1. The summed E-state index contributed by atoms with van der Waals surface area (Å²) in [5, 5.41) is 3.79. The van der Waals surface area contributed by atoms with Crippen LogP contribution in [0.4, 0.5) is 0 Å². The first-order valence-corrected chi connectivity index (χ1v) is 9.68. The van der Waals surface area contributed by atoms with E-state index in [-0.39, 0.29) is 11.3 Å². The molecule has 0 aromatic heterocycles. The third-order valence-corrected chi connectivity index (χ3v) is 5.64. The maximum absolute atomic E-state index is 11.8. The molecule has 0 aliphatic heterocycles.